The highest BCUT2D eigenvalue weighted by Gasteiger charge is 2.25. The summed E-state index contributed by atoms with van der Waals surface area (Å²) in [5.41, 5.74) is 0.142. The van der Waals surface area contributed by atoms with E-state index in [-0.39, 0.29) is 18.0 Å². The van der Waals surface area contributed by atoms with Gasteiger partial charge in [0.05, 0.1) is 6.42 Å². The summed E-state index contributed by atoms with van der Waals surface area (Å²) < 4.78 is 4.77. The number of alkyl halides is 1. The highest BCUT2D eigenvalue weighted by atomic mass is 35.5. The van der Waals surface area contributed by atoms with Gasteiger partial charge in [0, 0.05) is 12.8 Å². The van der Waals surface area contributed by atoms with Crippen LogP contribution < -0.4 is 0 Å². The maximum atomic E-state index is 11.0. The summed E-state index contributed by atoms with van der Waals surface area (Å²) in [4.78, 5) is 25.1. The van der Waals surface area contributed by atoms with E-state index in [0.717, 1.165) is 0 Å². The lowest BCUT2D eigenvalue weighted by molar-refractivity contribution is -0.130. The molecule has 4 nitrogen and oxygen atoms in total. The van der Waals surface area contributed by atoms with Crippen molar-refractivity contribution in [2.24, 2.45) is 4.99 Å². The average Bonchev–Trinajstić information content (AvgIpc) is 2.31. The first-order chi connectivity index (χ1) is 6.13. The van der Waals surface area contributed by atoms with Crippen LogP contribution in [0.25, 0.3) is 0 Å². The minimum absolute atomic E-state index is 0.142. The molecule has 1 aliphatic heterocycles. The van der Waals surface area contributed by atoms with Gasteiger partial charge in [0.25, 0.3) is 0 Å². The van der Waals surface area contributed by atoms with Crippen molar-refractivity contribution in [3.05, 3.63) is 11.8 Å². The molecule has 1 saturated heterocycles. The van der Waals surface area contributed by atoms with Gasteiger partial charge in [-0.1, -0.05) is 0 Å². The molecule has 1 heterocycles. The summed E-state index contributed by atoms with van der Waals surface area (Å²) in [6.45, 7) is 1.28. The molecule has 0 atom stereocenters. The Morgan fingerprint density at radius 3 is 3.00 bits per heavy atom. The molecule has 1 rings (SSSR count). The molecule has 0 radical (unpaired) electrons. The number of allylic oxidation sites excluding steroid dienone is 2. The van der Waals surface area contributed by atoms with E-state index in [9.17, 15) is 9.59 Å². The summed E-state index contributed by atoms with van der Waals surface area (Å²) >= 11 is 5.41. The fourth-order valence-corrected chi connectivity index (χ4v) is 1.10. The van der Waals surface area contributed by atoms with Crippen LogP contribution in [0.15, 0.2) is 16.8 Å². The van der Waals surface area contributed by atoms with Crippen LogP contribution in [0.4, 0.5) is 0 Å². The lowest BCUT2D eigenvalue weighted by Gasteiger charge is -1.89. The Morgan fingerprint density at radius 1 is 1.77 bits per heavy atom. The van der Waals surface area contributed by atoms with Gasteiger partial charge >= 0.3 is 5.97 Å². The average molecular weight is 202 g/mol. The van der Waals surface area contributed by atoms with E-state index in [1.54, 1.807) is 6.08 Å². The molecule has 0 aromatic heterocycles. The zero-order valence-corrected chi connectivity index (χ0v) is 7.80. The third-order valence-corrected chi connectivity index (χ3v) is 1.55. The molecule has 1 amide bonds. The van der Waals surface area contributed by atoms with Crippen molar-refractivity contribution in [3.8, 4) is 0 Å². The first kappa shape index (κ1) is 9.92. The molecule has 0 aromatic rings. The second-order valence-corrected chi connectivity index (χ2v) is 2.78. The summed E-state index contributed by atoms with van der Waals surface area (Å²) in [6, 6.07) is 0. The van der Waals surface area contributed by atoms with E-state index < -0.39 is 11.9 Å². The number of cyclic esters (lactones) is 1. The Hall–Kier alpha value is -1.16. The maximum absolute atomic E-state index is 11.0. The Balaban J connectivity index is 2.78. The van der Waals surface area contributed by atoms with Crippen LogP contribution in [0.5, 0.6) is 0 Å². The fraction of sp³-hybridized carbons (Fsp3) is 0.375. The van der Waals surface area contributed by atoms with Gasteiger partial charge in [-0.15, -0.1) is 11.6 Å². The number of amides is 1. The Kier molecular flexibility index (Phi) is 3.19. The molecule has 70 valence electrons. The van der Waals surface area contributed by atoms with Crippen molar-refractivity contribution in [1.29, 1.82) is 0 Å². The zero-order valence-electron chi connectivity index (χ0n) is 7.04. The highest BCUT2D eigenvalue weighted by Crippen LogP contribution is 2.16. The molecule has 1 aliphatic rings. The van der Waals surface area contributed by atoms with Gasteiger partial charge in [-0.05, 0) is 6.08 Å². The molecule has 1 fully saturated rings. The van der Waals surface area contributed by atoms with Crippen molar-refractivity contribution in [2.45, 2.75) is 13.3 Å². The smallest absolute Gasteiger partial charge is 0.358 e. The summed E-state index contributed by atoms with van der Waals surface area (Å²) in [7, 11) is 0. The number of hydrogen-bond donors (Lipinski definition) is 0. The molecule has 5 heteroatoms. The first-order valence-electron chi connectivity index (χ1n) is 3.69. The van der Waals surface area contributed by atoms with Gasteiger partial charge < -0.3 is 4.74 Å². The second-order valence-electron chi connectivity index (χ2n) is 2.47. The fourth-order valence-electron chi connectivity index (χ4n) is 0.926. The Morgan fingerprint density at radius 2 is 2.46 bits per heavy atom. The third kappa shape index (κ3) is 2.66. The van der Waals surface area contributed by atoms with Gasteiger partial charge in [0.2, 0.25) is 5.91 Å². The molecule has 0 unspecified atom stereocenters. The number of carbonyl (C=O) groups is 2. The van der Waals surface area contributed by atoms with Gasteiger partial charge in [-0.3, -0.25) is 4.79 Å². The number of nitrogens with zero attached hydrogens (tertiary/aromatic N) is 1. The van der Waals surface area contributed by atoms with E-state index in [1.807, 2.05) is 0 Å². The molecule has 0 spiro atoms. The molecule has 0 N–H and O–H groups in total. The van der Waals surface area contributed by atoms with Crippen LogP contribution in [0.3, 0.4) is 0 Å². The van der Waals surface area contributed by atoms with Gasteiger partial charge in [-0.25, -0.2) is 9.79 Å². The first-order valence-corrected chi connectivity index (χ1v) is 4.22. The summed E-state index contributed by atoms with van der Waals surface area (Å²) in [6.07, 6.45) is 1.83. The SMILES string of the molecule is CC(=O)N=C1C/C(=C\CCl)OC1=O. The van der Waals surface area contributed by atoms with E-state index in [4.69, 9.17) is 16.3 Å². The van der Waals surface area contributed by atoms with Crippen molar-refractivity contribution in [2.75, 3.05) is 5.88 Å². The van der Waals surface area contributed by atoms with E-state index >= 15 is 0 Å². The number of carbonyl (C=O) groups excluding carboxylic acids is 2. The van der Waals surface area contributed by atoms with Crippen molar-refractivity contribution < 1.29 is 14.3 Å². The van der Waals surface area contributed by atoms with Crippen LogP contribution in [-0.4, -0.2) is 23.5 Å². The monoisotopic (exact) mass is 201 g/mol. The number of ether oxygens (including phenoxy) is 1. The van der Waals surface area contributed by atoms with E-state index in [1.165, 1.54) is 6.92 Å². The molecular weight excluding hydrogens is 194 g/mol. The van der Waals surface area contributed by atoms with E-state index in [2.05, 4.69) is 4.99 Å². The third-order valence-electron chi connectivity index (χ3n) is 1.40. The molecule has 0 aliphatic carbocycles. The topological polar surface area (TPSA) is 55.7 Å². The number of esters is 1. The van der Waals surface area contributed by atoms with Crippen molar-refractivity contribution in [1.82, 2.24) is 0 Å². The number of hydrogen-bond acceptors (Lipinski definition) is 3. The molecule has 0 aromatic carbocycles. The maximum Gasteiger partial charge on any atom is 0.358 e. The quantitative estimate of drug-likeness (QED) is 0.471. The van der Waals surface area contributed by atoms with Gasteiger partial charge in [-0.2, -0.15) is 0 Å². The van der Waals surface area contributed by atoms with Crippen molar-refractivity contribution >= 4 is 29.2 Å². The summed E-state index contributed by atoms with van der Waals surface area (Å²) in [5, 5.41) is 0. The minimum atomic E-state index is -0.563. The molecule has 0 saturated carbocycles. The second kappa shape index (κ2) is 4.18. The number of aliphatic imine (C=N–C) groups is 1. The van der Waals surface area contributed by atoms with Crippen LogP contribution in [0.2, 0.25) is 0 Å². The number of rotatable bonds is 1. The Bertz CT molecular complexity index is 307. The lowest BCUT2D eigenvalue weighted by atomic mass is 10.2. The van der Waals surface area contributed by atoms with E-state index in [0.29, 0.717) is 5.76 Å². The van der Waals surface area contributed by atoms with Crippen LogP contribution in [0, 0.1) is 0 Å². The largest absolute Gasteiger partial charge is 0.426 e. The van der Waals surface area contributed by atoms with Gasteiger partial charge in [0.15, 0.2) is 0 Å². The predicted octanol–water partition coefficient (Wildman–Crippen LogP) is 1.04. The lowest BCUT2D eigenvalue weighted by Crippen LogP contribution is -2.07. The normalized spacial score (nSPS) is 22.5. The van der Waals surface area contributed by atoms with Crippen LogP contribution in [-0.2, 0) is 14.3 Å². The van der Waals surface area contributed by atoms with Crippen LogP contribution >= 0.6 is 11.6 Å². The standard InChI is InChI=1S/C8H8ClNO3/c1-5(11)10-7-4-6(2-3-9)13-8(7)12/h2H,3-4H2,1H3/b6-2+,10-7?. The van der Waals surface area contributed by atoms with Gasteiger partial charge in [0.1, 0.15) is 11.5 Å². The van der Waals surface area contributed by atoms with Crippen LogP contribution in [0.1, 0.15) is 13.3 Å². The molecule has 13 heavy (non-hydrogen) atoms. The molecular formula is C8H8ClNO3. The summed E-state index contributed by atoms with van der Waals surface area (Å²) in [5.74, 6) is -0.235. The van der Waals surface area contributed by atoms with Crippen molar-refractivity contribution in [3.63, 3.8) is 0 Å². The minimum Gasteiger partial charge on any atom is -0.426 e. The molecule has 0 bridgehead atoms. The number of halogens is 1. The Labute approximate surface area is 80.2 Å². The zero-order chi connectivity index (χ0) is 9.84. The predicted molar refractivity (Wildman–Crippen MR) is 47.6 cm³/mol. The highest BCUT2D eigenvalue weighted by molar-refractivity contribution is 6.40.